The topological polar surface area (TPSA) is 55.8 Å². The van der Waals surface area contributed by atoms with Crippen molar-refractivity contribution in [1.82, 2.24) is 4.90 Å². The van der Waals surface area contributed by atoms with E-state index in [1.165, 1.54) is 13.2 Å². The van der Waals surface area contributed by atoms with Crippen molar-refractivity contribution in [2.45, 2.75) is 38.6 Å². The number of rotatable bonds is 7. The van der Waals surface area contributed by atoms with Crippen molar-refractivity contribution >= 4 is 11.7 Å². The summed E-state index contributed by atoms with van der Waals surface area (Å²) in [6.07, 6.45) is 6.29. The van der Waals surface area contributed by atoms with Crippen molar-refractivity contribution in [3.63, 3.8) is 0 Å². The molecule has 28 heavy (non-hydrogen) atoms. The fourth-order valence-electron chi connectivity index (χ4n) is 4.29. The van der Waals surface area contributed by atoms with Crippen LogP contribution in [0.2, 0.25) is 0 Å². The molecule has 1 aliphatic heterocycles. The van der Waals surface area contributed by atoms with E-state index in [-0.39, 0.29) is 17.7 Å². The third-order valence-corrected chi connectivity index (χ3v) is 5.83. The van der Waals surface area contributed by atoms with Gasteiger partial charge in [-0.15, -0.1) is 0 Å². The van der Waals surface area contributed by atoms with Crippen molar-refractivity contribution < 1.29 is 19.1 Å². The highest BCUT2D eigenvalue weighted by atomic mass is 16.5. The summed E-state index contributed by atoms with van der Waals surface area (Å²) in [5.41, 5.74) is 0.750. The Hall–Kier alpha value is -2.40. The molecule has 5 nitrogen and oxygen atoms in total. The lowest BCUT2D eigenvalue weighted by Crippen LogP contribution is -2.48. The number of carbonyl (C=O) groups excluding carboxylic acids is 2. The summed E-state index contributed by atoms with van der Waals surface area (Å²) in [5, 5.41) is 0. The molecule has 0 aromatic heterocycles. The Kier molecular flexibility index (Phi) is 6.35. The van der Waals surface area contributed by atoms with Crippen LogP contribution in [0, 0.1) is 5.41 Å². The number of nitrogens with zero attached hydrogens (tertiary/aromatic N) is 1. The molecule has 0 spiro atoms. The molecule has 1 aromatic carbocycles. The van der Waals surface area contributed by atoms with E-state index in [0.29, 0.717) is 37.3 Å². The normalized spacial score (nSPS) is 24.8. The molecular weight excluding hydrogens is 354 g/mol. The van der Waals surface area contributed by atoms with Gasteiger partial charge in [-0.2, -0.15) is 0 Å². The van der Waals surface area contributed by atoms with Gasteiger partial charge in [0.15, 0.2) is 5.78 Å². The first-order valence-electron chi connectivity index (χ1n) is 9.92. The summed E-state index contributed by atoms with van der Waals surface area (Å²) >= 11 is 0. The van der Waals surface area contributed by atoms with Crippen LogP contribution in [0.5, 0.6) is 0 Å². The largest absolute Gasteiger partial charge is 0.499 e. The zero-order valence-electron chi connectivity index (χ0n) is 16.9. The predicted octanol–water partition coefficient (Wildman–Crippen LogP) is 3.30. The number of likely N-dealkylation sites (tertiary alicyclic amines) is 1. The monoisotopic (exact) mass is 383 g/mol. The third-order valence-electron chi connectivity index (χ3n) is 5.83. The molecule has 0 saturated carbocycles. The Morgan fingerprint density at radius 3 is 2.64 bits per heavy atom. The molecule has 1 fully saturated rings. The molecule has 1 heterocycles. The van der Waals surface area contributed by atoms with Crippen molar-refractivity contribution in [2.24, 2.45) is 5.41 Å². The van der Waals surface area contributed by atoms with Gasteiger partial charge < -0.3 is 14.4 Å². The lowest BCUT2D eigenvalue weighted by Gasteiger charge is -2.38. The van der Waals surface area contributed by atoms with Crippen LogP contribution in [0.25, 0.3) is 0 Å². The number of carbonyl (C=O) groups is 2. The quantitative estimate of drug-likeness (QED) is 0.725. The van der Waals surface area contributed by atoms with Crippen LogP contribution < -0.4 is 0 Å². The molecule has 1 aromatic rings. The number of hydrogen-bond acceptors (Lipinski definition) is 4. The standard InChI is InChI=1S/C23H29NO4/c1-4-23(22(26)24-12-8-11-19(24)16-27-2)15-18(20(25)14-21(23)28-3)13-17-9-6-5-7-10-17/h5-7,9-10,14-15,19H,4,8,11-13,16H2,1-3H3/t19-,23+/m0/s1. The van der Waals surface area contributed by atoms with E-state index >= 15 is 0 Å². The molecule has 0 unspecified atom stereocenters. The number of allylic oxidation sites excluding steroid dienone is 2. The predicted molar refractivity (Wildman–Crippen MR) is 108 cm³/mol. The molecule has 2 atom stereocenters. The second kappa shape index (κ2) is 8.74. The molecule has 5 heteroatoms. The van der Waals surface area contributed by atoms with Gasteiger partial charge in [0.05, 0.1) is 19.8 Å². The van der Waals surface area contributed by atoms with E-state index in [9.17, 15) is 9.59 Å². The Morgan fingerprint density at radius 2 is 2.00 bits per heavy atom. The van der Waals surface area contributed by atoms with Gasteiger partial charge in [0.2, 0.25) is 5.91 Å². The molecule has 1 saturated heterocycles. The first-order valence-corrected chi connectivity index (χ1v) is 9.92. The zero-order valence-corrected chi connectivity index (χ0v) is 16.9. The van der Waals surface area contributed by atoms with Crippen LogP contribution >= 0.6 is 0 Å². The molecule has 3 rings (SSSR count). The minimum Gasteiger partial charge on any atom is -0.499 e. The van der Waals surface area contributed by atoms with Crippen molar-refractivity contribution in [1.29, 1.82) is 0 Å². The first kappa shape index (κ1) is 20.3. The molecule has 0 bridgehead atoms. The number of ether oxygens (including phenoxy) is 2. The highest BCUT2D eigenvalue weighted by Crippen LogP contribution is 2.42. The first-order chi connectivity index (χ1) is 13.6. The minimum absolute atomic E-state index is 0.000659. The van der Waals surface area contributed by atoms with Gasteiger partial charge in [0.25, 0.3) is 0 Å². The van der Waals surface area contributed by atoms with Crippen LogP contribution in [0.4, 0.5) is 0 Å². The van der Waals surface area contributed by atoms with Crippen LogP contribution in [0.15, 0.2) is 53.8 Å². The van der Waals surface area contributed by atoms with Crippen LogP contribution in [-0.4, -0.2) is 50.0 Å². The van der Waals surface area contributed by atoms with Gasteiger partial charge in [-0.3, -0.25) is 9.59 Å². The fraction of sp³-hybridized carbons (Fsp3) is 0.478. The van der Waals surface area contributed by atoms with Gasteiger partial charge in [0, 0.05) is 31.7 Å². The number of benzene rings is 1. The van der Waals surface area contributed by atoms with Gasteiger partial charge >= 0.3 is 0 Å². The van der Waals surface area contributed by atoms with E-state index < -0.39 is 5.41 Å². The van der Waals surface area contributed by atoms with Crippen LogP contribution in [-0.2, 0) is 25.5 Å². The smallest absolute Gasteiger partial charge is 0.240 e. The van der Waals surface area contributed by atoms with E-state index in [0.717, 1.165) is 18.4 Å². The molecule has 2 aliphatic rings. The summed E-state index contributed by atoms with van der Waals surface area (Å²) in [7, 11) is 3.19. The second-order valence-corrected chi connectivity index (χ2v) is 7.48. The number of methoxy groups -OCH3 is 2. The van der Waals surface area contributed by atoms with E-state index in [2.05, 4.69) is 0 Å². The average Bonchev–Trinajstić information content (AvgIpc) is 3.18. The summed E-state index contributed by atoms with van der Waals surface area (Å²) in [5.74, 6) is 0.345. The van der Waals surface area contributed by atoms with Gasteiger partial charge in [0.1, 0.15) is 11.2 Å². The van der Waals surface area contributed by atoms with Crippen molar-refractivity contribution in [3.05, 3.63) is 59.4 Å². The molecule has 150 valence electrons. The maximum Gasteiger partial charge on any atom is 0.240 e. The Bertz CT molecular complexity index is 783. The Labute approximate surface area is 167 Å². The molecule has 0 radical (unpaired) electrons. The van der Waals surface area contributed by atoms with Gasteiger partial charge in [-0.25, -0.2) is 0 Å². The van der Waals surface area contributed by atoms with Crippen molar-refractivity contribution in [2.75, 3.05) is 27.4 Å². The third kappa shape index (κ3) is 3.76. The summed E-state index contributed by atoms with van der Waals surface area (Å²) < 4.78 is 10.9. The molecule has 0 N–H and O–H groups in total. The van der Waals surface area contributed by atoms with Crippen LogP contribution in [0.3, 0.4) is 0 Å². The highest BCUT2D eigenvalue weighted by molar-refractivity contribution is 6.08. The van der Waals surface area contributed by atoms with Crippen LogP contribution in [0.1, 0.15) is 31.7 Å². The molecule has 1 amide bonds. The van der Waals surface area contributed by atoms with Crippen molar-refractivity contribution in [3.8, 4) is 0 Å². The number of ketones is 1. The zero-order chi connectivity index (χ0) is 20.1. The average molecular weight is 383 g/mol. The van der Waals surface area contributed by atoms with E-state index in [4.69, 9.17) is 9.47 Å². The molecule has 1 aliphatic carbocycles. The summed E-state index contributed by atoms with van der Waals surface area (Å²) in [6.45, 7) is 3.21. The highest BCUT2D eigenvalue weighted by Gasteiger charge is 2.48. The lowest BCUT2D eigenvalue weighted by molar-refractivity contribution is -0.141. The fourth-order valence-corrected chi connectivity index (χ4v) is 4.29. The number of amides is 1. The summed E-state index contributed by atoms with van der Waals surface area (Å²) in [6, 6.07) is 9.92. The molecular formula is C23H29NO4. The maximum atomic E-state index is 13.7. The second-order valence-electron chi connectivity index (χ2n) is 7.48. The summed E-state index contributed by atoms with van der Waals surface area (Å²) in [4.78, 5) is 28.3. The Balaban J connectivity index is 1.98. The van der Waals surface area contributed by atoms with E-state index in [1.807, 2.05) is 48.2 Å². The van der Waals surface area contributed by atoms with Gasteiger partial charge in [-0.05, 0) is 24.8 Å². The minimum atomic E-state index is -0.941. The number of hydrogen-bond donors (Lipinski definition) is 0. The lowest BCUT2D eigenvalue weighted by atomic mass is 9.74. The maximum absolute atomic E-state index is 13.7. The SMILES string of the molecule is CC[C@@]1(C(=O)N2CCC[C@H]2COC)C=C(Cc2ccccc2)C(=O)C=C1OC. The Morgan fingerprint density at radius 1 is 1.25 bits per heavy atom. The van der Waals surface area contributed by atoms with E-state index in [1.54, 1.807) is 7.11 Å². The van der Waals surface area contributed by atoms with Gasteiger partial charge in [-0.1, -0.05) is 43.3 Å².